The second kappa shape index (κ2) is 6.54. The fraction of sp³-hybridized carbons (Fsp3) is 0.375. The molecule has 0 amide bonds. The maximum absolute atomic E-state index is 5.79. The van der Waals surface area contributed by atoms with Crippen molar-refractivity contribution in [2.24, 2.45) is 0 Å². The number of halogens is 1. The topological polar surface area (TPSA) is 47.0 Å². The Kier molecular flexibility index (Phi) is 4.96. The molecule has 0 saturated heterocycles. The summed E-state index contributed by atoms with van der Waals surface area (Å²) >= 11 is 3.49. The average molecular weight is 350 g/mol. The summed E-state index contributed by atoms with van der Waals surface area (Å²) in [5.74, 6) is 1.23. The summed E-state index contributed by atoms with van der Waals surface area (Å²) in [7, 11) is 0. The van der Waals surface area contributed by atoms with Gasteiger partial charge in [0.15, 0.2) is 0 Å². The van der Waals surface area contributed by atoms with Crippen LogP contribution in [0.4, 0.5) is 0 Å². The monoisotopic (exact) mass is 349 g/mol. The molecule has 0 fully saturated rings. The van der Waals surface area contributed by atoms with Crippen molar-refractivity contribution < 1.29 is 4.74 Å². The van der Waals surface area contributed by atoms with Gasteiger partial charge in [0, 0.05) is 18.3 Å². The zero-order chi connectivity index (χ0) is 15.5. The van der Waals surface area contributed by atoms with Crippen molar-refractivity contribution in [2.45, 2.75) is 39.8 Å². The third-order valence-electron chi connectivity index (χ3n) is 2.76. The van der Waals surface area contributed by atoms with Crippen molar-refractivity contribution in [1.29, 1.82) is 0 Å². The second-order valence-corrected chi connectivity index (χ2v) is 6.84. The maximum Gasteiger partial charge on any atom is 0.238 e. The van der Waals surface area contributed by atoms with Gasteiger partial charge in [-0.2, -0.15) is 0 Å². The van der Waals surface area contributed by atoms with E-state index in [9.17, 15) is 0 Å². The smallest absolute Gasteiger partial charge is 0.238 e. The molecule has 0 bridgehead atoms. The van der Waals surface area contributed by atoms with E-state index >= 15 is 0 Å². The van der Waals surface area contributed by atoms with Crippen LogP contribution in [0.3, 0.4) is 0 Å². The van der Waals surface area contributed by atoms with Crippen LogP contribution in [0, 0.1) is 6.92 Å². The zero-order valence-corrected chi connectivity index (χ0v) is 14.4. The van der Waals surface area contributed by atoms with Crippen molar-refractivity contribution in [3.8, 4) is 11.6 Å². The van der Waals surface area contributed by atoms with Gasteiger partial charge in [-0.15, -0.1) is 0 Å². The lowest BCUT2D eigenvalue weighted by molar-refractivity contribution is 0.414. The Labute approximate surface area is 134 Å². The molecule has 1 aromatic carbocycles. The molecular formula is C16H20BrN3O. The Morgan fingerprint density at radius 3 is 2.67 bits per heavy atom. The van der Waals surface area contributed by atoms with Crippen molar-refractivity contribution in [1.82, 2.24) is 15.3 Å². The number of benzene rings is 1. The van der Waals surface area contributed by atoms with Gasteiger partial charge in [-0.3, -0.25) is 4.98 Å². The summed E-state index contributed by atoms with van der Waals surface area (Å²) in [6, 6.07) is 5.92. The van der Waals surface area contributed by atoms with Gasteiger partial charge in [-0.25, -0.2) is 4.98 Å². The minimum Gasteiger partial charge on any atom is -0.436 e. The summed E-state index contributed by atoms with van der Waals surface area (Å²) in [5, 5.41) is 3.38. The van der Waals surface area contributed by atoms with Crippen LogP contribution in [0.5, 0.6) is 11.6 Å². The Balaban J connectivity index is 2.10. The molecule has 0 saturated carbocycles. The van der Waals surface area contributed by atoms with Crippen LogP contribution in [0.1, 0.15) is 32.0 Å². The first-order valence-electron chi connectivity index (χ1n) is 6.83. The molecule has 2 rings (SSSR count). The SMILES string of the molecule is Cc1ccc(Oc2cncc(CNC(C)(C)C)n2)c(Br)c1. The van der Waals surface area contributed by atoms with Gasteiger partial charge in [0.05, 0.1) is 16.4 Å². The first-order chi connectivity index (χ1) is 9.83. The molecule has 0 atom stereocenters. The van der Waals surface area contributed by atoms with E-state index in [4.69, 9.17) is 4.74 Å². The molecule has 0 aliphatic heterocycles. The highest BCUT2D eigenvalue weighted by molar-refractivity contribution is 9.10. The largest absolute Gasteiger partial charge is 0.436 e. The van der Waals surface area contributed by atoms with Crippen molar-refractivity contribution in [2.75, 3.05) is 0 Å². The van der Waals surface area contributed by atoms with E-state index in [0.29, 0.717) is 12.4 Å². The van der Waals surface area contributed by atoms with Crippen LogP contribution < -0.4 is 10.1 Å². The lowest BCUT2D eigenvalue weighted by atomic mass is 10.1. The first-order valence-corrected chi connectivity index (χ1v) is 7.63. The standard InChI is InChI=1S/C16H20BrN3O/c1-11-5-6-14(13(17)7-11)21-15-10-18-8-12(20-15)9-19-16(2,3)4/h5-8,10,19H,9H2,1-4H3. The van der Waals surface area contributed by atoms with Gasteiger partial charge in [0.25, 0.3) is 0 Å². The molecule has 2 aromatic rings. The number of nitrogens with one attached hydrogen (secondary N) is 1. The third kappa shape index (κ3) is 5.10. The molecule has 5 heteroatoms. The minimum atomic E-state index is 0.0402. The number of aryl methyl sites for hydroxylation is 1. The van der Waals surface area contributed by atoms with Crippen molar-refractivity contribution >= 4 is 15.9 Å². The number of nitrogens with zero attached hydrogens (tertiary/aromatic N) is 2. The van der Waals surface area contributed by atoms with E-state index in [-0.39, 0.29) is 5.54 Å². The molecule has 0 unspecified atom stereocenters. The Bertz CT molecular complexity index is 623. The second-order valence-electron chi connectivity index (χ2n) is 5.99. The van der Waals surface area contributed by atoms with E-state index < -0.39 is 0 Å². The molecule has 0 spiro atoms. The summed E-state index contributed by atoms with van der Waals surface area (Å²) in [4.78, 5) is 8.65. The minimum absolute atomic E-state index is 0.0402. The summed E-state index contributed by atoms with van der Waals surface area (Å²) in [6.07, 6.45) is 3.36. The Morgan fingerprint density at radius 2 is 2.00 bits per heavy atom. The van der Waals surface area contributed by atoms with Gasteiger partial charge < -0.3 is 10.1 Å². The van der Waals surface area contributed by atoms with Crippen molar-refractivity contribution in [3.05, 3.63) is 46.3 Å². The van der Waals surface area contributed by atoms with E-state index in [2.05, 4.69) is 52.0 Å². The fourth-order valence-corrected chi connectivity index (χ4v) is 2.25. The van der Waals surface area contributed by atoms with E-state index in [0.717, 1.165) is 15.9 Å². The highest BCUT2D eigenvalue weighted by atomic mass is 79.9. The molecule has 0 aliphatic carbocycles. The normalized spacial score (nSPS) is 11.5. The third-order valence-corrected chi connectivity index (χ3v) is 3.38. The van der Waals surface area contributed by atoms with Crippen molar-refractivity contribution in [3.63, 3.8) is 0 Å². The van der Waals surface area contributed by atoms with Gasteiger partial charge in [0.2, 0.25) is 5.88 Å². The van der Waals surface area contributed by atoms with E-state index in [1.807, 2.05) is 25.1 Å². The molecule has 1 N–H and O–H groups in total. The van der Waals surface area contributed by atoms with Crippen LogP contribution in [-0.2, 0) is 6.54 Å². The quantitative estimate of drug-likeness (QED) is 0.897. The molecule has 0 radical (unpaired) electrons. The predicted octanol–water partition coefficient (Wildman–Crippen LogP) is 4.23. The lowest BCUT2D eigenvalue weighted by Gasteiger charge is -2.20. The molecule has 1 heterocycles. The highest BCUT2D eigenvalue weighted by Gasteiger charge is 2.10. The van der Waals surface area contributed by atoms with Crippen LogP contribution in [-0.4, -0.2) is 15.5 Å². The molecule has 21 heavy (non-hydrogen) atoms. The Hall–Kier alpha value is -1.46. The molecule has 1 aromatic heterocycles. The molecule has 4 nitrogen and oxygen atoms in total. The summed E-state index contributed by atoms with van der Waals surface area (Å²) < 4.78 is 6.69. The van der Waals surface area contributed by atoms with Gasteiger partial charge in [0.1, 0.15) is 5.75 Å². The molecule has 0 aliphatic rings. The van der Waals surface area contributed by atoms with Crippen LogP contribution in [0.15, 0.2) is 35.1 Å². The van der Waals surface area contributed by atoms with Crippen LogP contribution in [0.2, 0.25) is 0 Å². The number of ether oxygens (including phenoxy) is 1. The molecule has 112 valence electrons. The van der Waals surface area contributed by atoms with Gasteiger partial charge in [-0.1, -0.05) is 6.07 Å². The zero-order valence-electron chi connectivity index (χ0n) is 12.8. The van der Waals surface area contributed by atoms with E-state index in [1.165, 1.54) is 5.56 Å². The summed E-state index contributed by atoms with van der Waals surface area (Å²) in [6.45, 7) is 9.04. The molecular weight excluding hydrogens is 330 g/mol. The first kappa shape index (κ1) is 15.9. The average Bonchev–Trinajstić information content (AvgIpc) is 2.39. The van der Waals surface area contributed by atoms with Crippen LogP contribution >= 0.6 is 15.9 Å². The van der Waals surface area contributed by atoms with E-state index in [1.54, 1.807) is 12.4 Å². The fourth-order valence-electron chi connectivity index (χ4n) is 1.68. The lowest BCUT2D eigenvalue weighted by Crippen LogP contribution is -2.35. The van der Waals surface area contributed by atoms with Crippen LogP contribution in [0.25, 0.3) is 0 Å². The Morgan fingerprint density at radius 1 is 1.24 bits per heavy atom. The maximum atomic E-state index is 5.79. The summed E-state index contributed by atoms with van der Waals surface area (Å²) in [5.41, 5.74) is 2.06. The van der Waals surface area contributed by atoms with Gasteiger partial charge in [-0.05, 0) is 61.3 Å². The number of aromatic nitrogens is 2. The highest BCUT2D eigenvalue weighted by Crippen LogP contribution is 2.29. The number of hydrogen-bond donors (Lipinski definition) is 1. The number of rotatable bonds is 4. The van der Waals surface area contributed by atoms with Gasteiger partial charge >= 0.3 is 0 Å². The number of hydrogen-bond acceptors (Lipinski definition) is 4. The predicted molar refractivity (Wildman–Crippen MR) is 87.6 cm³/mol.